The predicted molar refractivity (Wildman–Crippen MR) is 197 cm³/mol. The molecule has 0 aliphatic carbocycles. The van der Waals surface area contributed by atoms with Gasteiger partial charge in [0.25, 0.3) is 15.9 Å². The summed E-state index contributed by atoms with van der Waals surface area (Å²) < 4.78 is 36.8. The zero-order chi connectivity index (χ0) is 36.3. The highest BCUT2D eigenvalue weighted by Gasteiger charge is 2.31. The van der Waals surface area contributed by atoms with Crippen molar-refractivity contribution in [2.75, 3.05) is 23.3 Å². The number of nitrogens with one attached hydrogen (secondary N) is 1. The van der Waals surface area contributed by atoms with Crippen LogP contribution in [0.5, 0.6) is 5.88 Å². The molecular formula is C38H49N7O4S. The Balaban J connectivity index is 1.68. The maximum atomic E-state index is 14.5. The van der Waals surface area contributed by atoms with E-state index >= 15 is 0 Å². The van der Waals surface area contributed by atoms with E-state index in [1.807, 2.05) is 44.0 Å². The van der Waals surface area contributed by atoms with Crippen molar-refractivity contribution >= 4 is 27.7 Å². The third-order valence-electron chi connectivity index (χ3n) is 8.94. The Kier molecular flexibility index (Phi) is 11.1. The van der Waals surface area contributed by atoms with Crippen molar-refractivity contribution in [1.82, 2.24) is 24.8 Å². The van der Waals surface area contributed by atoms with Crippen molar-refractivity contribution in [2.45, 2.75) is 91.8 Å². The van der Waals surface area contributed by atoms with Crippen molar-refractivity contribution in [1.29, 1.82) is 0 Å². The molecule has 2 aromatic carbocycles. The Hall–Kier alpha value is -4.58. The molecule has 4 bridgehead atoms. The number of fused-ring (bicyclic) bond motifs is 4. The van der Waals surface area contributed by atoms with Crippen LogP contribution in [0.1, 0.15) is 80.8 Å². The summed E-state index contributed by atoms with van der Waals surface area (Å²) >= 11 is 0. The molecule has 0 unspecified atom stereocenters. The minimum absolute atomic E-state index is 0.0793. The number of carbonyl (C=O) groups is 1. The summed E-state index contributed by atoms with van der Waals surface area (Å²) in [5.74, 6) is 1.58. The monoisotopic (exact) mass is 699 g/mol. The van der Waals surface area contributed by atoms with Crippen molar-refractivity contribution < 1.29 is 17.9 Å². The third-order valence-corrected chi connectivity index (χ3v) is 10.3. The molecule has 0 fully saturated rings. The fourth-order valence-electron chi connectivity index (χ4n) is 6.19. The minimum Gasteiger partial charge on any atom is -0.475 e. The second-order valence-corrected chi connectivity index (χ2v) is 15.9. The molecule has 12 heteroatoms. The molecular weight excluding hydrogens is 651 g/mol. The maximum Gasteiger partial charge on any atom is 0.264 e. The summed E-state index contributed by atoms with van der Waals surface area (Å²) in [6.45, 7) is 16.8. The molecule has 1 N–H and O–H groups in total. The molecule has 1 aliphatic rings. The lowest BCUT2D eigenvalue weighted by Crippen LogP contribution is -2.44. The van der Waals surface area contributed by atoms with Crippen molar-refractivity contribution in [3.63, 3.8) is 0 Å². The van der Waals surface area contributed by atoms with Crippen LogP contribution in [0, 0.1) is 25.7 Å². The lowest BCUT2D eigenvalue weighted by atomic mass is 9.91. The van der Waals surface area contributed by atoms with E-state index in [2.05, 4.69) is 62.3 Å². The number of sulfonamides is 1. The van der Waals surface area contributed by atoms with Gasteiger partial charge >= 0.3 is 0 Å². The van der Waals surface area contributed by atoms with Gasteiger partial charge in [0.1, 0.15) is 18.2 Å². The standard InChI is InChI=1S/C38H49N7O4S/c1-23(2)18-28-13-10-12-26(7)34(28)35-27(8)36-42-38(41-35)43-50(47,48)31-15-11-14-29(20-31)37(46)45(30(22-49-36)19-24(3)4)21-32-39-17-16-33(40-32)44(9)25(5)6/h10-17,20,23-25,30H,18-19,21-22H2,1-9H3,(H,41,42,43)/t30-/m1/s1. The van der Waals surface area contributed by atoms with Gasteiger partial charge in [0.2, 0.25) is 11.8 Å². The van der Waals surface area contributed by atoms with Crippen LogP contribution in [0.4, 0.5) is 11.8 Å². The summed E-state index contributed by atoms with van der Waals surface area (Å²) in [5, 5.41) is 0. The second-order valence-electron chi connectivity index (χ2n) is 14.2. The van der Waals surface area contributed by atoms with Crippen LogP contribution in [0.2, 0.25) is 0 Å². The van der Waals surface area contributed by atoms with Crippen molar-refractivity contribution in [3.8, 4) is 17.1 Å². The van der Waals surface area contributed by atoms with E-state index < -0.39 is 16.1 Å². The largest absolute Gasteiger partial charge is 0.475 e. The number of nitrogens with zero attached hydrogens (tertiary/aromatic N) is 6. The van der Waals surface area contributed by atoms with Gasteiger partial charge in [-0.3, -0.25) is 4.79 Å². The smallest absolute Gasteiger partial charge is 0.264 e. The average molecular weight is 700 g/mol. The normalized spacial score (nSPS) is 16.0. The summed E-state index contributed by atoms with van der Waals surface area (Å²) in [5.41, 5.74) is 4.53. The van der Waals surface area contributed by atoms with Gasteiger partial charge in [-0.05, 0) is 87.8 Å². The predicted octanol–water partition coefficient (Wildman–Crippen LogP) is 6.84. The van der Waals surface area contributed by atoms with Gasteiger partial charge in [-0.1, -0.05) is 52.0 Å². The average Bonchev–Trinajstić information content (AvgIpc) is 3.06. The van der Waals surface area contributed by atoms with Gasteiger partial charge in [0.15, 0.2) is 0 Å². The third kappa shape index (κ3) is 8.23. The SMILES string of the molecule is Cc1cccc(CC(C)C)c1-c1nc2nc(c1C)OC[C@@H](CC(C)C)N(Cc1nccc(N(C)C(C)C)n1)C(=O)c1cccc(c1)S(=O)(=O)N2. The Labute approximate surface area is 296 Å². The molecule has 0 radical (unpaired) electrons. The molecule has 1 amide bonds. The molecule has 4 aromatic rings. The first-order chi connectivity index (χ1) is 23.6. The summed E-state index contributed by atoms with van der Waals surface area (Å²) in [7, 11) is -2.23. The molecule has 1 atom stereocenters. The molecule has 1 aliphatic heterocycles. The highest BCUT2D eigenvalue weighted by Crippen LogP contribution is 2.35. The van der Waals surface area contributed by atoms with Crippen LogP contribution in [0.25, 0.3) is 11.3 Å². The van der Waals surface area contributed by atoms with Gasteiger partial charge in [0.05, 0.1) is 23.2 Å². The molecule has 0 saturated carbocycles. The van der Waals surface area contributed by atoms with E-state index in [1.165, 1.54) is 12.1 Å². The topological polar surface area (TPSA) is 131 Å². The number of benzene rings is 2. The number of ether oxygens (including phenoxy) is 1. The molecule has 5 rings (SSSR count). The van der Waals surface area contributed by atoms with Crippen LogP contribution >= 0.6 is 0 Å². The van der Waals surface area contributed by atoms with E-state index in [9.17, 15) is 13.2 Å². The van der Waals surface area contributed by atoms with Gasteiger partial charge in [-0.25, -0.2) is 28.1 Å². The minimum atomic E-state index is -4.20. The Morgan fingerprint density at radius 3 is 2.42 bits per heavy atom. The molecule has 3 heterocycles. The van der Waals surface area contributed by atoms with Gasteiger partial charge < -0.3 is 14.5 Å². The van der Waals surface area contributed by atoms with Crippen LogP contribution in [-0.2, 0) is 23.0 Å². The van der Waals surface area contributed by atoms with E-state index in [1.54, 1.807) is 23.2 Å². The van der Waals surface area contributed by atoms with E-state index in [0.29, 0.717) is 29.4 Å². The fourth-order valence-corrected chi connectivity index (χ4v) is 7.18. The van der Waals surface area contributed by atoms with E-state index in [0.717, 1.165) is 28.9 Å². The summed E-state index contributed by atoms with van der Waals surface area (Å²) in [4.78, 5) is 36.9. The number of aryl methyl sites for hydroxylation is 1. The maximum absolute atomic E-state index is 14.5. The van der Waals surface area contributed by atoms with Gasteiger partial charge in [-0.15, -0.1) is 0 Å². The summed E-state index contributed by atoms with van der Waals surface area (Å²) in [6, 6.07) is 13.8. The van der Waals surface area contributed by atoms with Crippen molar-refractivity contribution in [3.05, 3.63) is 82.8 Å². The molecule has 266 valence electrons. The Bertz CT molecular complexity index is 1960. The number of rotatable bonds is 9. The first kappa shape index (κ1) is 36.7. The number of amides is 1. The van der Waals surface area contributed by atoms with E-state index in [4.69, 9.17) is 14.7 Å². The summed E-state index contributed by atoms with van der Waals surface area (Å²) in [6.07, 6.45) is 3.11. The highest BCUT2D eigenvalue weighted by atomic mass is 32.2. The number of carbonyl (C=O) groups excluding carboxylic acids is 1. The van der Waals surface area contributed by atoms with Crippen molar-refractivity contribution in [2.24, 2.45) is 11.8 Å². The number of hydrogen-bond donors (Lipinski definition) is 1. The van der Waals surface area contributed by atoms with Gasteiger partial charge in [-0.2, -0.15) is 4.98 Å². The molecule has 11 nitrogen and oxygen atoms in total. The number of anilines is 2. The van der Waals surface area contributed by atoms with Crippen LogP contribution in [-0.4, -0.2) is 64.9 Å². The fraction of sp³-hybridized carbons (Fsp3) is 0.447. The van der Waals surface area contributed by atoms with E-state index in [-0.39, 0.29) is 53.3 Å². The lowest BCUT2D eigenvalue weighted by molar-refractivity contribution is 0.0545. The van der Waals surface area contributed by atoms with Crippen LogP contribution in [0.3, 0.4) is 0 Å². The first-order valence-electron chi connectivity index (χ1n) is 17.2. The second kappa shape index (κ2) is 15.1. The quantitative estimate of drug-likeness (QED) is 0.200. The van der Waals surface area contributed by atoms with Crippen LogP contribution in [0.15, 0.2) is 59.6 Å². The first-order valence-corrected chi connectivity index (χ1v) is 18.7. The van der Waals surface area contributed by atoms with Crippen LogP contribution < -0.4 is 14.4 Å². The number of hydrogen-bond acceptors (Lipinski definition) is 9. The van der Waals surface area contributed by atoms with Gasteiger partial charge in [0, 0.05) is 36.0 Å². The molecule has 0 spiro atoms. The molecule has 2 aromatic heterocycles. The Morgan fingerprint density at radius 2 is 1.72 bits per heavy atom. The zero-order valence-electron chi connectivity index (χ0n) is 30.6. The number of aromatic nitrogens is 4. The molecule has 0 saturated heterocycles. The lowest BCUT2D eigenvalue weighted by Gasteiger charge is -2.33. The Morgan fingerprint density at radius 1 is 0.980 bits per heavy atom. The zero-order valence-corrected chi connectivity index (χ0v) is 31.4. The highest BCUT2D eigenvalue weighted by molar-refractivity contribution is 7.92. The molecule has 50 heavy (non-hydrogen) atoms.